The third-order valence-electron chi connectivity index (χ3n) is 3.12. The number of anilines is 2. The molecule has 5 nitrogen and oxygen atoms in total. The van der Waals surface area contributed by atoms with Gasteiger partial charge in [-0.15, -0.1) is 0 Å². The van der Waals surface area contributed by atoms with E-state index >= 15 is 0 Å². The lowest BCUT2D eigenvalue weighted by Gasteiger charge is -2.24. The fourth-order valence-electron chi connectivity index (χ4n) is 2.01. The average Bonchev–Trinajstić information content (AvgIpc) is 2.43. The standard InChI is InChI=1S/C13H22F3N5/c1-4-21(5-2)8-9(3)18-11-6-10(13(14,15)16)7-12(19-11)20-17/h6-7,9H,4-5,8,17H2,1-3H3,(H2,18,19,20). The van der Waals surface area contributed by atoms with Crippen molar-refractivity contribution in [3.05, 3.63) is 17.7 Å². The summed E-state index contributed by atoms with van der Waals surface area (Å²) in [4.78, 5) is 6.17. The van der Waals surface area contributed by atoms with Crippen LogP contribution in [0.4, 0.5) is 24.8 Å². The van der Waals surface area contributed by atoms with Gasteiger partial charge in [-0.05, 0) is 32.1 Å². The number of halogens is 3. The zero-order valence-electron chi connectivity index (χ0n) is 12.5. The van der Waals surface area contributed by atoms with Crippen molar-refractivity contribution < 1.29 is 13.2 Å². The number of nitrogens with one attached hydrogen (secondary N) is 2. The number of aromatic nitrogens is 1. The second-order valence-electron chi connectivity index (χ2n) is 4.80. The van der Waals surface area contributed by atoms with E-state index in [-0.39, 0.29) is 17.7 Å². The summed E-state index contributed by atoms with van der Waals surface area (Å²) in [6.45, 7) is 8.46. The Kier molecular flexibility index (Phi) is 6.22. The minimum Gasteiger partial charge on any atom is -0.366 e. The number of likely N-dealkylation sites (N-methyl/N-ethyl adjacent to an activating group) is 1. The first-order chi connectivity index (χ1) is 9.79. The highest BCUT2D eigenvalue weighted by Crippen LogP contribution is 2.32. The van der Waals surface area contributed by atoms with E-state index in [4.69, 9.17) is 5.84 Å². The van der Waals surface area contributed by atoms with Gasteiger partial charge < -0.3 is 15.6 Å². The molecule has 1 unspecified atom stereocenters. The Bertz CT molecular complexity index is 446. The maximum atomic E-state index is 12.8. The van der Waals surface area contributed by atoms with Gasteiger partial charge in [-0.1, -0.05) is 13.8 Å². The van der Waals surface area contributed by atoms with E-state index in [1.54, 1.807) is 0 Å². The summed E-state index contributed by atoms with van der Waals surface area (Å²) < 4.78 is 38.4. The van der Waals surface area contributed by atoms with Crippen molar-refractivity contribution in [3.63, 3.8) is 0 Å². The van der Waals surface area contributed by atoms with Crippen LogP contribution < -0.4 is 16.6 Å². The van der Waals surface area contributed by atoms with E-state index in [0.717, 1.165) is 31.8 Å². The number of hydrogen-bond acceptors (Lipinski definition) is 5. The zero-order valence-corrected chi connectivity index (χ0v) is 12.5. The van der Waals surface area contributed by atoms with Crippen molar-refractivity contribution in [2.45, 2.75) is 33.0 Å². The molecule has 0 aliphatic carbocycles. The molecule has 0 aromatic carbocycles. The average molecular weight is 305 g/mol. The summed E-state index contributed by atoms with van der Waals surface area (Å²) in [5, 5.41) is 2.98. The van der Waals surface area contributed by atoms with Crippen molar-refractivity contribution in [1.29, 1.82) is 0 Å². The van der Waals surface area contributed by atoms with E-state index in [2.05, 4.69) is 20.6 Å². The fourth-order valence-corrected chi connectivity index (χ4v) is 2.01. The van der Waals surface area contributed by atoms with Gasteiger partial charge in [-0.2, -0.15) is 13.2 Å². The molecule has 0 spiro atoms. The zero-order chi connectivity index (χ0) is 16.0. The Morgan fingerprint density at radius 3 is 2.29 bits per heavy atom. The predicted molar refractivity (Wildman–Crippen MR) is 77.9 cm³/mol. The molecular weight excluding hydrogens is 283 g/mol. The molecule has 4 N–H and O–H groups in total. The van der Waals surface area contributed by atoms with Crippen molar-refractivity contribution in [1.82, 2.24) is 9.88 Å². The highest BCUT2D eigenvalue weighted by Gasteiger charge is 2.31. The Labute approximate surface area is 122 Å². The Balaban J connectivity index is 2.87. The Hall–Kier alpha value is -1.54. The summed E-state index contributed by atoms with van der Waals surface area (Å²) in [6.07, 6.45) is -4.44. The molecule has 1 aromatic heterocycles. The molecule has 120 valence electrons. The van der Waals surface area contributed by atoms with Crippen LogP contribution in [0, 0.1) is 0 Å². The molecule has 0 saturated carbocycles. The predicted octanol–water partition coefficient (Wildman–Crippen LogP) is 2.53. The number of hydrogen-bond donors (Lipinski definition) is 3. The van der Waals surface area contributed by atoms with Crippen LogP contribution in [0.15, 0.2) is 12.1 Å². The van der Waals surface area contributed by atoms with E-state index in [9.17, 15) is 13.2 Å². The molecule has 0 aliphatic heterocycles. The second kappa shape index (κ2) is 7.46. The number of nitrogens with two attached hydrogens (primary N) is 1. The maximum Gasteiger partial charge on any atom is 0.416 e. The molecule has 1 aromatic rings. The van der Waals surface area contributed by atoms with Gasteiger partial charge in [-0.25, -0.2) is 10.8 Å². The van der Waals surface area contributed by atoms with Gasteiger partial charge in [0, 0.05) is 12.6 Å². The molecule has 0 fully saturated rings. The minimum absolute atomic E-state index is 0.0256. The lowest BCUT2D eigenvalue weighted by molar-refractivity contribution is -0.137. The number of rotatable bonds is 7. The van der Waals surface area contributed by atoms with E-state index in [1.165, 1.54) is 0 Å². The van der Waals surface area contributed by atoms with Crippen LogP contribution in [0.3, 0.4) is 0 Å². The number of nitrogens with zero attached hydrogens (tertiary/aromatic N) is 2. The highest BCUT2D eigenvalue weighted by molar-refractivity contribution is 5.49. The summed E-state index contributed by atoms with van der Waals surface area (Å²) >= 11 is 0. The quantitative estimate of drug-likeness (QED) is 0.533. The van der Waals surface area contributed by atoms with Crippen LogP contribution in [-0.2, 0) is 6.18 Å². The van der Waals surface area contributed by atoms with E-state index in [0.29, 0.717) is 0 Å². The lowest BCUT2D eigenvalue weighted by atomic mass is 10.2. The summed E-state index contributed by atoms with van der Waals surface area (Å²) in [5.74, 6) is 5.29. The molecule has 1 rings (SSSR count). The monoisotopic (exact) mass is 305 g/mol. The van der Waals surface area contributed by atoms with Crippen LogP contribution in [-0.4, -0.2) is 35.6 Å². The van der Waals surface area contributed by atoms with Gasteiger partial charge in [0.05, 0.1) is 5.56 Å². The van der Waals surface area contributed by atoms with Gasteiger partial charge >= 0.3 is 6.18 Å². The SMILES string of the molecule is CCN(CC)CC(C)Nc1cc(C(F)(F)F)cc(NN)n1. The number of nitrogen functional groups attached to an aromatic ring is 1. The van der Waals surface area contributed by atoms with Crippen LogP contribution in [0.5, 0.6) is 0 Å². The molecule has 8 heteroatoms. The van der Waals surface area contributed by atoms with Crippen LogP contribution in [0.1, 0.15) is 26.3 Å². The maximum absolute atomic E-state index is 12.8. The number of pyridine rings is 1. The van der Waals surface area contributed by atoms with Crippen molar-refractivity contribution in [3.8, 4) is 0 Å². The second-order valence-corrected chi connectivity index (χ2v) is 4.80. The first-order valence-electron chi connectivity index (χ1n) is 6.84. The van der Waals surface area contributed by atoms with E-state index in [1.807, 2.05) is 20.8 Å². The number of alkyl halides is 3. The smallest absolute Gasteiger partial charge is 0.366 e. The molecular formula is C13H22F3N5. The summed E-state index contributed by atoms with van der Waals surface area (Å²) in [5.41, 5.74) is 1.37. The minimum atomic E-state index is -4.44. The third-order valence-corrected chi connectivity index (χ3v) is 3.12. The Morgan fingerprint density at radius 2 is 1.81 bits per heavy atom. The molecule has 0 aliphatic rings. The molecule has 1 atom stereocenters. The number of hydrazine groups is 1. The first-order valence-corrected chi connectivity index (χ1v) is 6.84. The third kappa shape index (κ3) is 5.39. The van der Waals surface area contributed by atoms with Gasteiger partial charge in [0.1, 0.15) is 11.6 Å². The summed E-state index contributed by atoms with van der Waals surface area (Å²) in [7, 11) is 0. The first kappa shape index (κ1) is 17.5. The van der Waals surface area contributed by atoms with Gasteiger partial charge in [0.25, 0.3) is 0 Å². The topological polar surface area (TPSA) is 66.2 Å². The normalized spacial score (nSPS) is 13.3. The molecule has 0 radical (unpaired) electrons. The molecule has 0 amide bonds. The van der Waals surface area contributed by atoms with Crippen LogP contribution in [0.2, 0.25) is 0 Å². The molecule has 0 bridgehead atoms. The molecule has 1 heterocycles. The molecule has 0 saturated heterocycles. The fraction of sp³-hybridized carbons (Fsp3) is 0.615. The van der Waals surface area contributed by atoms with Crippen LogP contribution >= 0.6 is 0 Å². The summed E-state index contributed by atoms with van der Waals surface area (Å²) in [6, 6.07) is 1.83. The highest BCUT2D eigenvalue weighted by atomic mass is 19.4. The van der Waals surface area contributed by atoms with Crippen LogP contribution in [0.25, 0.3) is 0 Å². The van der Waals surface area contributed by atoms with Gasteiger partial charge in [0.2, 0.25) is 0 Å². The largest absolute Gasteiger partial charge is 0.416 e. The van der Waals surface area contributed by atoms with E-state index < -0.39 is 11.7 Å². The van der Waals surface area contributed by atoms with Crippen molar-refractivity contribution in [2.75, 3.05) is 30.4 Å². The van der Waals surface area contributed by atoms with Gasteiger partial charge in [0.15, 0.2) is 0 Å². The van der Waals surface area contributed by atoms with Crippen molar-refractivity contribution in [2.24, 2.45) is 5.84 Å². The molecule has 21 heavy (non-hydrogen) atoms. The Morgan fingerprint density at radius 1 is 1.24 bits per heavy atom. The lowest BCUT2D eigenvalue weighted by Crippen LogP contribution is -2.35. The van der Waals surface area contributed by atoms with Gasteiger partial charge in [-0.3, -0.25) is 0 Å². The van der Waals surface area contributed by atoms with Crippen molar-refractivity contribution >= 4 is 11.6 Å².